The minimum atomic E-state index is -4.66. The van der Waals surface area contributed by atoms with E-state index < -0.39 is 39.1 Å². The molecule has 0 aliphatic carbocycles. The van der Waals surface area contributed by atoms with Crippen molar-refractivity contribution in [3.05, 3.63) is 65.7 Å². The quantitative estimate of drug-likeness (QED) is 0.551. The molecule has 0 aromatic heterocycles. The molecule has 2 aromatic carbocycles. The fraction of sp³-hybridized carbons (Fsp3) is 0.350. The first-order valence-corrected chi connectivity index (χ1v) is 10.7. The predicted octanol–water partition coefficient (Wildman–Crippen LogP) is 3.27. The van der Waals surface area contributed by atoms with Gasteiger partial charge in [-0.05, 0) is 37.1 Å². The van der Waals surface area contributed by atoms with Gasteiger partial charge in [0.05, 0.1) is 23.1 Å². The molecule has 0 radical (unpaired) electrons. The van der Waals surface area contributed by atoms with E-state index in [4.69, 9.17) is 4.74 Å². The molecule has 2 N–H and O–H groups in total. The molecule has 0 saturated heterocycles. The second-order valence-corrected chi connectivity index (χ2v) is 8.24. The molecule has 0 aliphatic rings. The van der Waals surface area contributed by atoms with Crippen LogP contribution in [0.5, 0.6) is 0 Å². The summed E-state index contributed by atoms with van der Waals surface area (Å²) in [5, 5.41) is 2.53. The Morgan fingerprint density at radius 1 is 1.10 bits per heavy atom. The van der Waals surface area contributed by atoms with E-state index in [9.17, 15) is 26.4 Å². The van der Waals surface area contributed by atoms with Crippen molar-refractivity contribution in [2.24, 2.45) is 0 Å². The first kappa shape index (κ1) is 23.8. The van der Waals surface area contributed by atoms with Crippen LogP contribution >= 0.6 is 0 Å². The molecule has 0 spiro atoms. The maximum Gasteiger partial charge on any atom is 0.416 e. The van der Waals surface area contributed by atoms with Gasteiger partial charge in [0.25, 0.3) is 0 Å². The fourth-order valence-corrected chi connectivity index (χ4v) is 3.55. The van der Waals surface area contributed by atoms with E-state index in [1.54, 1.807) is 0 Å². The van der Waals surface area contributed by atoms with Gasteiger partial charge in [0.15, 0.2) is 0 Å². The summed E-state index contributed by atoms with van der Waals surface area (Å²) in [6, 6.07) is 12.9. The molecule has 0 fully saturated rings. The van der Waals surface area contributed by atoms with Gasteiger partial charge in [-0.15, -0.1) is 0 Å². The van der Waals surface area contributed by atoms with Gasteiger partial charge in [-0.1, -0.05) is 36.4 Å². The third kappa shape index (κ3) is 7.43. The zero-order chi connectivity index (χ0) is 22.2. The number of sulfonamides is 1. The number of rotatable bonds is 10. The summed E-state index contributed by atoms with van der Waals surface area (Å²) in [6.45, 7) is 1.99. The lowest BCUT2D eigenvalue weighted by Gasteiger charge is -2.13. The van der Waals surface area contributed by atoms with Gasteiger partial charge >= 0.3 is 6.18 Å². The Labute approximate surface area is 173 Å². The highest BCUT2D eigenvalue weighted by atomic mass is 32.2. The summed E-state index contributed by atoms with van der Waals surface area (Å²) in [5.41, 5.74) is -0.0508. The number of alkyl halides is 3. The number of carbonyl (C=O) groups is 1. The van der Waals surface area contributed by atoms with Crippen LogP contribution in [-0.4, -0.2) is 34.0 Å². The lowest BCUT2D eigenvalue weighted by atomic mass is 10.1. The van der Waals surface area contributed by atoms with Crippen LogP contribution in [-0.2, 0) is 25.7 Å². The third-order valence-corrected chi connectivity index (χ3v) is 5.57. The Morgan fingerprint density at radius 2 is 1.80 bits per heavy atom. The molecule has 0 saturated carbocycles. The summed E-state index contributed by atoms with van der Waals surface area (Å²) in [4.78, 5) is 11.2. The number of hydrogen-bond acceptors (Lipinski definition) is 4. The summed E-state index contributed by atoms with van der Waals surface area (Å²) >= 11 is 0. The summed E-state index contributed by atoms with van der Waals surface area (Å²) in [6.07, 6.45) is -4.24. The maximum absolute atomic E-state index is 12.7. The first-order chi connectivity index (χ1) is 14.1. The maximum atomic E-state index is 12.7. The van der Waals surface area contributed by atoms with Crippen molar-refractivity contribution in [2.45, 2.75) is 30.5 Å². The van der Waals surface area contributed by atoms with Gasteiger partial charge in [-0.25, -0.2) is 13.1 Å². The smallest absolute Gasteiger partial charge is 0.374 e. The molecular weight excluding hydrogens is 421 g/mol. The van der Waals surface area contributed by atoms with E-state index in [1.807, 2.05) is 42.0 Å². The molecule has 0 bridgehead atoms. The molecule has 2 rings (SSSR count). The van der Waals surface area contributed by atoms with Crippen molar-refractivity contribution in [3.63, 3.8) is 0 Å². The molecule has 6 nitrogen and oxygen atoms in total. The summed E-state index contributed by atoms with van der Waals surface area (Å²) < 4.78 is 70.1. The van der Waals surface area contributed by atoms with Gasteiger partial charge < -0.3 is 10.1 Å². The standard InChI is InChI=1S/C20H23F3N2O4S/c1-15(16-7-3-2-4-8-16)29-12-6-11-24-19(26)14-25-30(27,28)18-10-5-9-17(13-18)20(21,22)23/h2-5,7-10,13,15,25H,6,11-12,14H2,1H3,(H,24,26). The van der Waals surface area contributed by atoms with Gasteiger partial charge in [0, 0.05) is 13.2 Å². The highest BCUT2D eigenvalue weighted by Crippen LogP contribution is 2.30. The van der Waals surface area contributed by atoms with Crippen LogP contribution in [0.3, 0.4) is 0 Å². The number of halogens is 3. The van der Waals surface area contributed by atoms with Gasteiger partial charge in [-0.3, -0.25) is 4.79 Å². The third-order valence-electron chi connectivity index (χ3n) is 4.17. The monoisotopic (exact) mass is 444 g/mol. The fourth-order valence-electron chi connectivity index (χ4n) is 2.53. The van der Waals surface area contributed by atoms with E-state index in [0.717, 1.165) is 23.8 Å². The van der Waals surface area contributed by atoms with E-state index in [1.165, 1.54) is 0 Å². The largest absolute Gasteiger partial charge is 0.416 e. The number of ether oxygens (including phenoxy) is 1. The average Bonchev–Trinajstić information content (AvgIpc) is 2.72. The molecule has 1 atom stereocenters. The number of amides is 1. The van der Waals surface area contributed by atoms with Gasteiger partial charge in [0.1, 0.15) is 0 Å². The number of carbonyl (C=O) groups excluding carboxylic acids is 1. The zero-order valence-electron chi connectivity index (χ0n) is 16.3. The zero-order valence-corrected chi connectivity index (χ0v) is 17.1. The predicted molar refractivity (Wildman–Crippen MR) is 105 cm³/mol. The summed E-state index contributed by atoms with van der Waals surface area (Å²) in [5.74, 6) is -0.596. The Kier molecular flexibility index (Phi) is 8.39. The van der Waals surface area contributed by atoms with Crippen LogP contribution in [0.4, 0.5) is 13.2 Å². The lowest BCUT2D eigenvalue weighted by Crippen LogP contribution is -2.37. The van der Waals surface area contributed by atoms with Crippen LogP contribution in [0.25, 0.3) is 0 Å². The van der Waals surface area contributed by atoms with Gasteiger partial charge in [0.2, 0.25) is 15.9 Å². The first-order valence-electron chi connectivity index (χ1n) is 9.20. The Morgan fingerprint density at radius 3 is 2.47 bits per heavy atom. The van der Waals surface area contributed by atoms with Crippen molar-refractivity contribution < 1.29 is 31.1 Å². The SMILES string of the molecule is CC(OCCCNC(=O)CNS(=O)(=O)c1cccc(C(F)(F)F)c1)c1ccccc1. The Balaban J connectivity index is 1.72. The number of hydrogen-bond donors (Lipinski definition) is 2. The van der Waals surface area contributed by atoms with E-state index in [0.29, 0.717) is 19.1 Å². The minimum absolute atomic E-state index is 0.0961. The Hall–Kier alpha value is -2.43. The molecule has 2 aromatic rings. The highest BCUT2D eigenvalue weighted by molar-refractivity contribution is 7.89. The molecule has 1 unspecified atom stereocenters. The molecule has 30 heavy (non-hydrogen) atoms. The van der Waals surface area contributed by atoms with Crippen LogP contribution < -0.4 is 10.0 Å². The molecule has 0 heterocycles. The summed E-state index contributed by atoms with van der Waals surface area (Å²) in [7, 11) is -4.25. The van der Waals surface area contributed by atoms with Crippen molar-refractivity contribution in [2.75, 3.05) is 19.7 Å². The second kappa shape index (κ2) is 10.6. The van der Waals surface area contributed by atoms with Crippen molar-refractivity contribution in [1.82, 2.24) is 10.0 Å². The molecule has 0 aliphatic heterocycles. The normalized spacial score (nSPS) is 13.1. The molecule has 1 amide bonds. The van der Waals surface area contributed by atoms with Crippen molar-refractivity contribution in [1.29, 1.82) is 0 Å². The molecule has 164 valence electrons. The van der Waals surface area contributed by atoms with E-state index in [-0.39, 0.29) is 12.6 Å². The number of benzene rings is 2. The van der Waals surface area contributed by atoms with Crippen LogP contribution in [0.15, 0.2) is 59.5 Å². The second-order valence-electron chi connectivity index (χ2n) is 6.48. The molecule has 10 heteroatoms. The van der Waals surface area contributed by atoms with E-state index in [2.05, 4.69) is 5.32 Å². The average molecular weight is 444 g/mol. The van der Waals surface area contributed by atoms with Crippen molar-refractivity contribution in [3.8, 4) is 0 Å². The van der Waals surface area contributed by atoms with Crippen LogP contribution in [0.1, 0.15) is 30.6 Å². The van der Waals surface area contributed by atoms with E-state index >= 15 is 0 Å². The van der Waals surface area contributed by atoms with Crippen LogP contribution in [0.2, 0.25) is 0 Å². The number of nitrogens with one attached hydrogen (secondary N) is 2. The lowest BCUT2D eigenvalue weighted by molar-refractivity contribution is -0.137. The van der Waals surface area contributed by atoms with Gasteiger partial charge in [-0.2, -0.15) is 13.2 Å². The highest BCUT2D eigenvalue weighted by Gasteiger charge is 2.31. The molecular formula is C20H23F3N2O4S. The van der Waals surface area contributed by atoms with Crippen molar-refractivity contribution >= 4 is 15.9 Å². The minimum Gasteiger partial charge on any atom is -0.374 e. The topological polar surface area (TPSA) is 84.5 Å². The Bertz CT molecular complexity index is 935. The van der Waals surface area contributed by atoms with Crippen LogP contribution in [0, 0.1) is 0 Å².